The Labute approximate surface area is 150 Å². The van der Waals surface area contributed by atoms with Crippen LogP contribution >= 0.6 is 12.2 Å². The molecule has 1 atom stereocenters. The number of carbonyl (C=O) groups excluding carboxylic acids is 1. The Bertz CT molecular complexity index is 570. The Morgan fingerprint density at radius 1 is 1.38 bits per heavy atom. The quantitative estimate of drug-likeness (QED) is 0.812. The Hall–Kier alpha value is -1.62. The van der Waals surface area contributed by atoms with E-state index in [4.69, 9.17) is 17.0 Å². The molecule has 0 aromatic heterocycles. The summed E-state index contributed by atoms with van der Waals surface area (Å²) in [6, 6.07) is 7.69. The summed E-state index contributed by atoms with van der Waals surface area (Å²) in [5.41, 5.74) is 0.565. The minimum Gasteiger partial charge on any atom is -0.491 e. The first-order valence-electron chi connectivity index (χ1n) is 8.86. The van der Waals surface area contributed by atoms with Crippen LogP contribution in [0, 0.1) is 0 Å². The number of benzene rings is 1. The summed E-state index contributed by atoms with van der Waals surface area (Å²) in [6.07, 6.45) is 7.11. The van der Waals surface area contributed by atoms with Gasteiger partial charge in [0.15, 0.2) is 5.11 Å². The highest BCUT2D eigenvalue weighted by Crippen LogP contribution is 2.22. The Kier molecular flexibility index (Phi) is 7.03. The molecule has 0 spiro atoms. The van der Waals surface area contributed by atoms with Crippen molar-refractivity contribution in [1.29, 1.82) is 0 Å². The lowest BCUT2D eigenvalue weighted by Gasteiger charge is -2.32. The van der Waals surface area contributed by atoms with Gasteiger partial charge in [-0.1, -0.05) is 32.3 Å². The number of carbonyl (C=O) groups is 1. The molecule has 1 N–H and O–H groups in total. The predicted molar refractivity (Wildman–Crippen MR) is 102 cm³/mol. The third-order valence-corrected chi connectivity index (χ3v) is 5.06. The largest absolute Gasteiger partial charge is 0.491 e. The fraction of sp³-hybridized carbons (Fsp3) is 0.579. The van der Waals surface area contributed by atoms with E-state index < -0.39 is 0 Å². The fourth-order valence-corrected chi connectivity index (χ4v) is 3.16. The number of hydrogen-bond acceptors (Lipinski definition) is 3. The molecule has 132 valence electrons. The van der Waals surface area contributed by atoms with E-state index in [0.29, 0.717) is 22.5 Å². The highest BCUT2D eigenvalue weighted by atomic mass is 32.1. The molecule has 0 bridgehead atoms. The molecular weight excluding hydrogens is 320 g/mol. The molecule has 1 unspecified atom stereocenters. The van der Waals surface area contributed by atoms with Crippen LogP contribution in [0.5, 0.6) is 5.75 Å². The Balaban J connectivity index is 1.95. The van der Waals surface area contributed by atoms with Gasteiger partial charge in [0, 0.05) is 18.7 Å². The normalized spacial score (nSPS) is 16.3. The summed E-state index contributed by atoms with van der Waals surface area (Å²) in [5.74, 6) is 0.529. The topological polar surface area (TPSA) is 41.6 Å². The minimum absolute atomic E-state index is 0.127. The van der Waals surface area contributed by atoms with E-state index in [0.717, 1.165) is 19.3 Å². The first-order chi connectivity index (χ1) is 11.5. The second-order valence-corrected chi connectivity index (χ2v) is 6.91. The summed E-state index contributed by atoms with van der Waals surface area (Å²) >= 11 is 5.42. The van der Waals surface area contributed by atoms with Gasteiger partial charge < -0.3 is 9.64 Å². The standard InChI is InChI=1S/C19H28N2O2S/c1-4-14(2)23-17-12-8-9-15(13-17)18(22)20-19(24)21(3)16-10-6-5-7-11-16/h8-9,12-14,16H,4-7,10-11H2,1-3H3,(H,20,22,24). The van der Waals surface area contributed by atoms with Gasteiger partial charge >= 0.3 is 0 Å². The number of nitrogens with zero attached hydrogens (tertiary/aromatic N) is 1. The molecule has 0 saturated heterocycles. The molecular formula is C19H28N2O2S. The lowest BCUT2D eigenvalue weighted by atomic mass is 9.95. The molecule has 5 heteroatoms. The van der Waals surface area contributed by atoms with Crippen LogP contribution in [0.15, 0.2) is 24.3 Å². The van der Waals surface area contributed by atoms with Crippen LogP contribution < -0.4 is 10.1 Å². The first-order valence-corrected chi connectivity index (χ1v) is 9.27. The van der Waals surface area contributed by atoms with Crippen LogP contribution in [-0.2, 0) is 0 Å². The van der Waals surface area contributed by atoms with Crippen molar-refractivity contribution in [2.45, 2.75) is 64.5 Å². The van der Waals surface area contributed by atoms with Crippen molar-refractivity contribution < 1.29 is 9.53 Å². The number of thiocarbonyl (C=S) groups is 1. The average molecular weight is 349 g/mol. The van der Waals surface area contributed by atoms with Crippen molar-refractivity contribution in [3.63, 3.8) is 0 Å². The average Bonchev–Trinajstić information content (AvgIpc) is 2.61. The summed E-state index contributed by atoms with van der Waals surface area (Å²) in [4.78, 5) is 14.5. The number of amides is 1. The van der Waals surface area contributed by atoms with Crippen molar-refractivity contribution in [3.05, 3.63) is 29.8 Å². The number of rotatable bonds is 5. The van der Waals surface area contributed by atoms with E-state index in [9.17, 15) is 4.79 Å². The molecule has 24 heavy (non-hydrogen) atoms. The third kappa shape index (κ3) is 5.20. The lowest BCUT2D eigenvalue weighted by molar-refractivity contribution is 0.0971. The van der Waals surface area contributed by atoms with Crippen molar-refractivity contribution in [2.24, 2.45) is 0 Å². The van der Waals surface area contributed by atoms with E-state index in [1.54, 1.807) is 12.1 Å². The van der Waals surface area contributed by atoms with Gasteiger partial charge in [-0.25, -0.2) is 0 Å². The van der Waals surface area contributed by atoms with Crippen molar-refractivity contribution >= 4 is 23.2 Å². The van der Waals surface area contributed by atoms with Gasteiger partial charge in [0.2, 0.25) is 0 Å². The zero-order valence-corrected chi connectivity index (χ0v) is 15.7. The second kappa shape index (κ2) is 9.02. The molecule has 0 radical (unpaired) electrons. The van der Waals surface area contributed by atoms with Crippen LogP contribution in [0.4, 0.5) is 0 Å². The van der Waals surface area contributed by atoms with E-state index >= 15 is 0 Å². The maximum absolute atomic E-state index is 12.5. The monoisotopic (exact) mass is 348 g/mol. The molecule has 1 aromatic carbocycles. The van der Waals surface area contributed by atoms with E-state index in [-0.39, 0.29) is 12.0 Å². The molecule has 1 amide bonds. The van der Waals surface area contributed by atoms with Gasteiger partial charge in [-0.2, -0.15) is 0 Å². The molecule has 1 saturated carbocycles. The van der Waals surface area contributed by atoms with Gasteiger partial charge in [0.1, 0.15) is 5.75 Å². The summed E-state index contributed by atoms with van der Waals surface area (Å²) < 4.78 is 5.78. The third-order valence-electron chi connectivity index (χ3n) is 4.67. The van der Waals surface area contributed by atoms with Gasteiger partial charge in [-0.15, -0.1) is 0 Å². The minimum atomic E-state index is -0.183. The van der Waals surface area contributed by atoms with Crippen molar-refractivity contribution in [2.75, 3.05) is 7.05 Å². The molecule has 1 fully saturated rings. The van der Waals surface area contributed by atoms with Crippen LogP contribution in [-0.4, -0.2) is 35.1 Å². The Morgan fingerprint density at radius 3 is 2.75 bits per heavy atom. The molecule has 2 rings (SSSR count). The van der Waals surface area contributed by atoms with Crippen LogP contribution in [0.25, 0.3) is 0 Å². The Morgan fingerprint density at radius 2 is 2.08 bits per heavy atom. The number of ether oxygens (including phenoxy) is 1. The van der Waals surface area contributed by atoms with Gasteiger partial charge in [0.05, 0.1) is 6.10 Å². The molecule has 4 nitrogen and oxygen atoms in total. The highest BCUT2D eigenvalue weighted by Gasteiger charge is 2.21. The molecule has 0 heterocycles. The summed E-state index contributed by atoms with van der Waals surface area (Å²) in [6.45, 7) is 4.09. The maximum Gasteiger partial charge on any atom is 0.257 e. The smallest absolute Gasteiger partial charge is 0.257 e. The van der Waals surface area contributed by atoms with E-state index in [1.807, 2.05) is 31.0 Å². The number of hydrogen-bond donors (Lipinski definition) is 1. The van der Waals surface area contributed by atoms with Gasteiger partial charge in [0.25, 0.3) is 5.91 Å². The lowest BCUT2D eigenvalue weighted by Crippen LogP contribution is -2.46. The first kappa shape index (κ1) is 18.7. The van der Waals surface area contributed by atoms with Crippen molar-refractivity contribution in [1.82, 2.24) is 10.2 Å². The molecule has 0 aliphatic heterocycles. The van der Waals surface area contributed by atoms with Gasteiger partial charge in [-0.3, -0.25) is 10.1 Å². The summed E-state index contributed by atoms with van der Waals surface area (Å²) in [7, 11) is 1.97. The van der Waals surface area contributed by atoms with Crippen LogP contribution in [0.3, 0.4) is 0 Å². The van der Waals surface area contributed by atoms with E-state index in [1.165, 1.54) is 19.3 Å². The highest BCUT2D eigenvalue weighted by molar-refractivity contribution is 7.80. The van der Waals surface area contributed by atoms with Gasteiger partial charge in [-0.05, 0) is 56.6 Å². The number of nitrogens with one attached hydrogen (secondary N) is 1. The van der Waals surface area contributed by atoms with Crippen LogP contribution in [0.1, 0.15) is 62.7 Å². The zero-order chi connectivity index (χ0) is 17.5. The fourth-order valence-electron chi connectivity index (χ4n) is 2.92. The van der Waals surface area contributed by atoms with E-state index in [2.05, 4.69) is 12.2 Å². The molecule has 1 aromatic rings. The SMILES string of the molecule is CCC(C)Oc1cccc(C(=O)NC(=S)N(C)C2CCCCC2)c1. The second-order valence-electron chi connectivity index (χ2n) is 6.53. The predicted octanol–water partition coefficient (Wildman–Crippen LogP) is 4.14. The summed E-state index contributed by atoms with van der Waals surface area (Å²) in [5, 5.41) is 3.35. The van der Waals surface area contributed by atoms with Crippen molar-refractivity contribution in [3.8, 4) is 5.75 Å². The maximum atomic E-state index is 12.5. The molecule has 1 aliphatic rings. The zero-order valence-electron chi connectivity index (χ0n) is 14.9. The molecule has 1 aliphatic carbocycles. The van der Waals surface area contributed by atoms with Crippen LogP contribution in [0.2, 0.25) is 0 Å².